The van der Waals surface area contributed by atoms with E-state index in [0.717, 1.165) is 25.5 Å². The molecule has 1 aliphatic rings. The van der Waals surface area contributed by atoms with E-state index in [0.29, 0.717) is 6.42 Å². The first-order valence-corrected chi connectivity index (χ1v) is 16.4. The number of aromatic nitrogens is 2. The second-order valence-corrected chi connectivity index (χ2v) is 12.9. The average molecular weight is 595 g/mol. The molecule has 0 saturated carbocycles. The SMILES string of the molecule is CC1(CCCCC=O)c2cc(-n3c4ccccc4c4ccccc43)ccc2-c2ccc(-n3c4ccccc4c4ccccc43)cc21. The Labute approximate surface area is 268 Å². The molecule has 0 spiro atoms. The summed E-state index contributed by atoms with van der Waals surface area (Å²) in [4.78, 5) is 11.3. The van der Waals surface area contributed by atoms with Gasteiger partial charge in [-0.2, -0.15) is 0 Å². The lowest BCUT2D eigenvalue weighted by Gasteiger charge is -2.28. The molecule has 0 radical (unpaired) electrons. The summed E-state index contributed by atoms with van der Waals surface area (Å²) in [5.41, 5.74) is 12.4. The molecule has 222 valence electrons. The molecule has 0 unspecified atom stereocenters. The van der Waals surface area contributed by atoms with Gasteiger partial charge in [0.05, 0.1) is 22.1 Å². The smallest absolute Gasteiger partial charge is 0.119 e. The normalized spacial score (nSPS) is 13.5. The monoisotopic (exact) mass is 594 g/mol. The zero-order valence-electron chi connectivity index (χ0n) is 25.9. The van der Waals surface area contributed by atoms with Gasteiger partial charge in [0.15, 0.2) is 0 Å². The summed E-state index contributed by atoms with van der Waals surface area (Å²) < 4.78 is 4.84. The van der Waals surface area contributed by atoms with Crippen molar-refractivity contribution in [2.45, 2.75) is 38.0 Å². The van der Waals surface area contributed by atoms with E-state index in [1.165, 1.54) is 77.2 Å². The van der Waals surface area contributed by atoms with E-state index in [1.54, 1.807) is 0 Å². The molecule has 0 bridgehead atoms. The first-order valence-electron chi connectivity index (χ1n) is 16.4. The van der Waals surface area contributed by atoms with E-state index in [9.17, 15) is 4.79 Å². The lowest BCUT2D eigenvalue weighted by molar-refractivity contribution is -0.107. The summed E-state index contributed by atoms with van der Waals surface area (Å²) in [6.45, 7) is 2.42. The van der Waals surface area contributed by atoms with Crippen LogP contribution in [0.3, 0.4) is 0 Å². The number of aldehydes is 1. The Hall–Kier alpha value is -5.41. The molecule has 2 aromatic heterocycles. The Kier molecular flexibility index (Phi) is 6.04. The lowest BCUT2D eigenvalue weighted by atomic mass is 9.76. The molecule has 0 saturated heterocycles. The molecule has 0 atom stereocenters. The predicted molar refractivity (Wildman–Crippen MR) is 192 cm³/mol. The van der Waals surface area contributed by atoms with E-state index in [2.05, 4.69) is 150 Å². The van der Waals surface area contributed by atoms with Gasteiger partial charge in [0.2, 0.25) is 0 Å². The molecule has 8 aromatic rings. The van der Waals surface area contributed by atoms with E-state index >= 15 is 0 Å². The van der Waals surface area contributed by atoms with Crippen molar-refractivity contribution in [3.05, 3.63) is 145 Å². The number of rotatable bonds is 7. The van der Waals surface area contributed by atoms with Gasteiger partial charge in [-0.05, 0) is 83.6 Å². The molecule has 0 fully saturated rings. The molecule has 9 rings (SSSR count). The summed E-state index contributed by atoms with van der Waals surface area (Å²) in [7, 11) is 0. The zero-order valence-corrected chi connectivity index (χ0v) is 25.9. The quantitative estimate of drug-likeness (QED) is 0.133. The van der Waals surface area contributed by atoms with Gasteiger partial charge < -0.3 is 13.9 Å². The highest BCUT2D eigenvalue weighted by Gasteiger charge is 2.39. The molecule has 46 heavy (non-hydrogen) atoms. The highest BCUT2D eigenvalue weighted by molar-refractivity contribution is 6.10. The van der Waals surface area contributed by atoms with Crippen molar-refractivity contribution >= 4 is 49.9 Å². The number of unbranched alkanes of at least 4 members (excludes halogenated alkanes) is 2. The number of hydrogen-bond donors (Lipinski definition) is 0. The third kappa shape index (κ3) is 3.81. The summed E-state index contributed by atoms with van der Waals surface area (Å²) in [6.07, 6.45) is 4.54. The molecular formula is C43H34N2O. The van der Waals surface area contributed by atoms with Crippen LogP contribution in [0.25, 0.3) is 66.1 Å². The number of carbonyl (C=O) groups is 1. The maximum Gasteiger partial charge on any atom is 0.119 e. The topological polar surface area (TPSA) is 26.9 Å². The Bertz CT molecular complexity index is 2210. The number of carbonyl (C=O) groups excluding carboxylic acids is 1. The van der Waals surface area contributed by atoms with E-state index < -0.39 is 0 Å². The number of fused-ring (bicyclic) bond motifs is 9. The first kappa shape index (κ1) is 26.9. The predicted octanol–water partition coefficient (Wildman–Crippen LogP) is 10.9. The van der Waals surface area contributed by atoms with Crippen LogP contribution >= 0.6 is 0 Å². The Balaban J connectivity index is 1.25. The molecule has 0 amide bonds. The zero-order chi connectivity index (χ0) is 30.8. The number of para-hydroxylation sites is 4. The molecule has 6 aromatic carbocycles. The third-order valence-corrected chi connectivity index (χ3v) is 10.4. The second-order valence-electron chi connectivity index (χ2n) is 12.9. The van der Waals surface area contributed by atoms with Crippen molar-refractivity contribution in [2.75, 3.05) is 0 Å². The van der Waals surface area contributed by atoms with Crippen LogP contribution in [0.4, 0.5) is 0 Å². The van der Waals surface area contributed by atoms with Crippen molar-refractivity contribution in [2.24, 2.45) is 0 Å². The maximum atomic E-state index is 11.3. The summed E-state index contributed by atoms with van der Waals surface area (Å²) in [5.74, 6) is 0. The van der Waals surface area contributed by atoms with Gasteiger partial charge in [-0.1, -0.05) is 98.3 Å². The maximum absolute atomic E-state index is 11.3. The van der Waals surface area contributed by atoms with Gasteiger partial charge in [-0.3, -0.25) is 0 Å². The Morgan fingerprint density at radius 1 is 0.522 bits per heavy atom. The minimum absolute atomic E-state index is 0.197. The molecule has 0 aliphatic heterocycles. The van der Waals surface area contributed by atoms with E-state index in [1.807, 2.05) is 0 Å². The lowest BCUT2D eigenvalue weighted by Crippen LogP contribution is -2.21. The van der Waals surface area contributed by atoms with Gasteiger partial charge in [0, 0.05) is 44.8 Å². The average Bonchev–Trinajstić information content (AvgIpc) is 3.71. The van der Waals surface area contributed by atoms with Gasteiger partial charge >= 0.3 is 0 Å². The van der Waals surface area contributed by atoms with Gasteiger partial charge in [0.1, 0.15) is 6.29 Å². The van der Waals surface area contributed by atoms with Crippen molar-refractivity contribution in [3.63, 3.8) is 0 Å². The van der Waals surface area contributed by atoms with E-state index in [4.69, 9.17) is 0 Å². The third-order valence-electron chi connectivity index (χ3n) is 10.4. The molecule has 0 N–H and O–H groups in total. The summed E-state index contributed by atoms with van der Waals surface area (Å²) in [6, 6.07) is 49.0. The van der Waals surface area contributed by atoms with Crippen LogP contribution in [-0.4, -0.2) is 15.4 Å². The fourth-order valence-electron chi connectivity index (χ4n) is 8.25. The molecule has 3 heteroatoms. The highest BCUT2D eigenvalue weighted by atomic mass is 16.1. The molecular weight excluding hydrogens is 560 g/mol. The van der Waals surface area contributed by atoms with E-state index in [-0.39, 0.29) is 5.41 Å². The van der Waals surface area contributed by atoms with Crippen LogP contribution in [0.5, 0.6) is 0 Å². The van der Waals surface area contributed by atoms with Crippen LogP contribution in [-0.2, 0) is 10.2 Å². The van der Waals surface area contributed by atoms with Gasteiger partial charge in [0.25, 0.3) is 0 Å². The standard InChI is InChI=1S/C43H34N2O/c1-43(25-11-2-12-26-46)37-27-29(44-39-17-7-3-13-33(39)34-14-4-8-18-40(34)44)21-23-31(37)32-24-22-30(28-38(32)43)45-41-19-9-5-15-35(41)36-16-6-10-20-42(36)45/h3-10,13-24,26-28H,2,11-12,25H2,1H3. The van der Waals surface area contributed by atoms with Crippen molar-refractivity contribution in [3.8, 4) is 22.5 Å². The largest absolute Gasteiger partial charge is 0.309 e. The molecule has 3 nitrogen and oxygen atoms in total. The van der Waals surface area contributed by atoms with Crippen LogP contribution in [0.1, 0.15) is 43.7 Å². The van der Waals surface area contributed by atoms with Crippen LogP contribution < -0.4 is 0 Å². The van der Waals surface area contributed by atoms with Crippen molar-refractivity contribution < 1.29 is 4.79 Å². The van der Waals surface area contributed by atoms with Crippen LogP contribution in [0, 0.1) is 0 Å². The fourth-order valence-corrected chi connectivity index (χ4v) is 8.25. The number of benzene rings is 6. The number of nitrogens with zero attached hydrogens (tertiary/aromatic N) is 2. The molecule has 2 heterocycles. The molecule has 1 aliphatic carbocycles. The summed E-state index contributed by atoms with van der Waals surface area (Å²) in [5, 5.41) is 5.09. The van der Waals surface area contributed by atoms with Crippen molar-refractivity contribution in [1.82, 2.24) is 9.13 Å². The number of hydrogen-bond acceptors (Lipinski definition) is 1. The van der Waals surface area contributed by atoms with Gasteiger partial charge in [-0.25, -0.2) is 0 Å². The second kappa shape index (κ2) is 10.3. The Morgan fingerprint density at radius 3 is 1.30 bits per heavy atom. The highest BCUT2D eigenvalue weighted by Crippen LogP contribution is 2.53. The van der Waals surface area contributed by atoms with Crippen molar-refractivity contribution in [1.29, 1.82) is 0 Å². The fraction of sp³-hybridized carbons (Fsp3) is 0.140. The van der Waals surface area contributed by atoms with Gasteiger partial charge in [-0.15, -0.1) is 0 Å². The minimum atomic E-state index is -0.197. The minimum Gasteiger partial charge on any atom is -0.309 e. The summed E-state index contributed by atoms with van der Waals surface area (Å²) >= 11 is 0. The Morgan fingerprint density at radius 2 is 0.913 bits per heavy atom. The van der Waals surface area contributed by atoms with Crippen LogP contribution in [0.2, 0.25) is 0 Å². The first-order chi connectivity index (χ1) is 22.7. The van der Waals surface area contributed by atoms with Crippen LogP contribution in [0.15, 0.2) is 133 Å².